The molecule has 1 aliphatic carbocycles. The molecule has 0 bridgehead atoms. The van der Waals surface area contributed by atoms with Crippen molar-refractivity contribution < 1.29 is 17.9 Å². The van der Waals surface area contributed by atoms with E-state index in [2.05, 4.69) is 21.8 Å². The van der Waals surface area contributed by atoms with Gasteiger partial charge >= 0.3 is 6.36 Å². The van der Waals surface area contributed by atoms with Crippen molar-refractivity contribution in [1.29, 1.82) is 0 Å². The molecule has 0 radical (unpaired) electrons. The number of fused-ring (bicyclic) bond motifs is 3. The molecule has 7 heteroatoms. The Morgan fingerprint density at radius 2 is 1.93 bits per heavy atom. The molecule has 0 spiro atoms. The summed E-state index contributed by atoms with van der Waals surface area (Å²) in [4.78, 5) is 2.16. The van der Waals surface area contributed by atoms with Gasteiger partial charge in [0.2, 0.25) is 0 Å². The predicted octanol–water partition coefficient (Wildman–Crippen LogP) is 6.57. The van der Waals surface area contributed by atoms with Crippen LogP contribution in [-0.4, -0.2) is 12.9 Å². The molecule has 1 aliphatic heterocycles. The number of nitrogens with zero attached hydrogens (tertiary/aromatic N) is 1. The van der Waals surface area contributed by atoms with Gasteiger partial charge < -0.3 is 9.64 Å². The lowest BCUT2D eigenvalue weighted by molar-refractivity contribution is -0.274. The molecule has 2 aromatic carbocycles. The van der Waals surface area contributed by atoms with Gasteiger partial charge in [-0.2, -0.15) is 0 Å². The third-order valence-corrected chi connectivity index (χ3v) is 5.64. The fraction of sp³-hybridized carbons (Fsp3) is 0.300. The molecule has 2 unspecified atom stereocenters. The number of rotatable bonds is 3. The monoisotopic (exact) mass is 413 g/mol. The van der Waals surface area contributed by atoms with Gasteiger partial charge in [0.1, 0.15) is 5.75 Å². The molecular formula is C20H16Cl2F3NO. The number of alkyl halides is 3. The Bertz CT molecular complexity index is 897. The van der Waals surface area contributed by atoms with Crippen LogP contribution in [-0.2, 0) is 6.54 Å². The van der Waals surface area contributed by atoms with E-state index in [1.807, 2.05) is 6.07 Å². The first kappa shape index (κ1) is 18.5. The summed E-state index contributed by atoms with van der Waals surface area (Å²) in [5, 5.41) is 1.14. The third kappa shape index (κ3) is 3.90. The van der Waals surface area contributed by atoms with Gasteiger partial charge in [0.15, 0.2) is 0 Å². The molecule has 0 aromatic heterocycles. The highest BCUT2D eigenvalue weighted by Gasteiger charge is 2.36. The topological polar surface area (TPSA) is 12.5 Å². The lowest BCUT2D eigenvalue weighted by Gasteiger charge is -2.38. The van der Waals surface area contributed by atoms with E-state index in [-0.39, 0.29) is 11.7 Å². The van der Waals surface area contributed by atoms with Crippen molar-refractivity contribution in [2.24, 2.45) is 5.92 Å². The maximum absolute atomic E-state index is 12.6. The second kappa shape index (κ2) is 6.95. The van der Waals surface area contributed by atoms with Gasteiger partial charge in [0.05, 0.1) is 0 Å². The van der Waals surface area contributed by atoms with Crippen LogP contribution in [0, 0.1) is 5.92 Å². The van der Waals surface area contributed by atoms with Crippen molar-refractivity contribution in [1.82, 2.24) is 0 Å². The van der Waals surface area contributed by atoms with E-state index in [1.54, 1.807) is 18.2 Å². The predicted molar refractivity (Wildman–Crippen MR) is 101 cm³/mol. The van der Waals surface area contributed by atoms with Crippen LogP contribution < -0.4 is 9.64 Å². The Hall–Kier alpha value is -1.85. The number of allylic oxidation sites excluding steroid dienone is 2. The van der Waals surface area contributed by atoms with E-state index in [0.29, 0.717) is 22.5 Å². The van der Waals surface area contributed by atoms with Crippen molar-refractivity contribution in [3.8, 4) is 5.75 Å². The number of anilines is 1. The van der Waals surface area contributed by atoms with Crippen molar-refractivity contribution in [2.45, 2.75) is 25.2 Å². The molecular weight excluding hydrogens is 398 g/mol. The molecule has 4 rings (SSSR count). The Balaban J connectivity index is 1.68. The Labute approximate surface area is 165 Å². The van der Waals surface area contributed by atoms with Crippen molar-refractivity contribution in [3.63, 3.8) is 0 Å². The van der Waals surface area contributed by atoms with Gasteiger partial charge in [-0.1, -0.05) is 41.4 Å². The Kier molecular flexibility index (Phi) is 4.77. The van der Waals surface area contributed by atoms with Gasteiger partial charge in [0.25, 0.3) is 0 Å². The largest absolute Gasteiger partial charge is 0.573 e. The molecule has 142 valence electrons. The Morgan fingerprint density at radius 3 is 2.67 bits per heavy atom. The van der Waals surface area contributed by atoms with Gasteiger partial charge in [-0.05, 0) is 53.8 Å². The average Bonchev–Trinajstić information content (AvgIpc) is 3.04. The molecule has 2 aliphatic rings. The van der Waals surface area contributed by atoms with Gasteiger partial charge in [-0.15, -0.1) is 13.2 Å². The minimum Gasteiger partial charge on any atom is -0.406 e. The highest BCUT2D eigenvalue weighted by molar-refractivity contribution is 6.35. The zero-order valence-electron chi connectivity index (χ0n) is 14.1. The Morgan fingerprint density at radius 1 is 1.11 bits per heavy atom. The number of ether oxygens (including phenoxy) is 1. The zero-order valence-corrected chi connectivity index (χ0v) is 15.7. The van der Waals surface area contributed by atoms with Crippen LogP contribution in [0.3, 0.4) is 0 Å². The highest BCUT2D eigenvalue weighted by Crippen LogP contribution is 2.46. The van der Waals surface area contributed by atoms with E-state index >= 15 is 0 Å². The normalized spacial score (nSPS) is 21.1. The van der Waals surface area contributed by atoms with Crippen molar-refractivity contribution in [2.75, 3.05) is 11.4 Å². The van der Waals surface area contributed by atoms with Crippen LogP contribution in [0.4, 0.5) is 18.9 Å². The lowest BCUT2D eigenvalue weighted by Crippen LogP contribution is -2.35. The van der Waals surface area contributed by atoms with E-state index in [4.69, 9.17) is 23.2 Å². The SMILES string of the molecule is FC(F)(F)Oc1ccc2c(c1)C1C=CCC1CN2Cc1ccc(Cl)cc1Cl. The van der Waals surface area contributed by atoms with E-state index in [9.17, 15) is 13.2 Å². The maximum atomic E-state index is 12.6. The average molecular weight is 414 g/mol. The summed E-state index contributed by atoms with van der Waals surface area (Å²) < 4.78 is 42.0. The van der Waals surface area contributed by atoms with Crippen LogP contribution in [0.5, 0.6) is 5.75 Å². The van der Waals surface area contributed by atoms with Crippen LogP contribution in [0.15, 0.2) is 48.6 Å². The molecule has 0 fully saturated rings. The van der Waals surface area contributed by atoms with Crippen LogP contribution in [0.1, 0.15) is 23.5 Å². The molecule has 0 N–H and O–H groups in total. The third-order valence-electron chi connectivity index (χ3n) is 5.05. The summed E-state index contributed by atoms with van der Waals surface area (Å²) in [5.74, 6) is 0.241. The molecule has 0 saturated heterocycles. The smallest absolute Gasteiger partial charge is 0.406 e. The number of halogens is 5. The molecule has 2 nitrogen and oxygen atoms in total. The fourth-order valence-electron chi connectivity index (χ4n) is 3.92. The first-order chi connectivity index (χ1) is 12.8. The molecule has 2 atom stereocenters. The fourth-order valence-corrected chi connectivity index (χ4v) is 4.39. The van der Waals surface area contributed by atoms with Crippen molar-refractivity contribution in [3.05, 3.63) is 69.7 Å². The summed E-state index contributed by atoms with van der Waals surface area (Å²) in [6.07, 6.45) is 0.367. The zero-order chi connectivity index (χ0) is 19.2. The number of hydrogen-bond acceptors (Lipinski definition) is 2. The highest BCUT2D eigenvalue weighted by atomic mass is 35.5. The van der Waals surface area contributed by atoms with Gasteiger partial charge in [0, 0.05) is 34.7 Å². The molecule has 0 saturated carbocycles. The summed E-state index contributed by atoms with van der Waals surface area (Å²) >= 11 is 12.3. The minimum absolute atomic E-state index is 0.105. The standard InChI is InChI=1S/C20H16Cl2F3NO/c21-14-5-4-13(18(22)8-14)11-26-10-12-2-1-3-16(12)17-9-15(6-7-19(17)26)27-20(23,24)25/h1,3-9,12,16H,2,10-11H2. The first-order valence-corrected chi connectivity index (χ1v) is 9.31. The summed E-state index contributed by atoms with van der Waals surface area (Å²) in [5.41, 5.74) is 2.68. The van der Waals surface area contributed by atoms with Crippen LogP contribution in [0.25, 0.3) is 0 Å². The van der Waals surface area contributed by atoms with Crippen LogP contribution in [0.2, 0.25) is 10.0 Å². The van der Waals surface area contributed by atoms with E-state index in [1.165, 1.54) is 12.1 Å². The first-order valence-electron chi connectivity index (χ1n) is 8.55. The van der Waals surface area contributed by atoms with Crippen molar-refractivity contribution >= 4 is 28.9 Å². The molecule has 27 heavy (non-hydrogen) atoms. The van der Waals surface area contributed by atoms with Crippen LogP contribution >= 0.6 is 23.2 Å². The molecule has 0 amide bonds. The summed E-state index contributed by atoms with van der Waals surface area (Å²) in [7, 11) is 0. The number of benzene rings is 2. The second-order valence-electron chi connectivity index (χ2n) is 6.83. The second-order valence-corrected chi connectivity index (χ2v) is 7.68. The van der Waals surface area contributed by atoms with E-state index in [0.717, 1.165) is 29.8 Å². The van der Waals surface area contributed by atoms with Gasteiger partial charge in [-0.3, -0.25) is 0 Å². The molecule has 2 aromatic rings. The molecule has 1 heterocycles. The summed E-state index contributed by atoms with van der Waals surface area (Å²) in [6, 6.07) is 9.93. The number of hydrogen-bond donors (Lipinski definition) is 0. The minimum atomic E-state index is -4.70. The lowest BCUT2D eigenvalue weighted by atomic mass is 9.83. The quantitative estimate of drug-likeness (QED) is 0.527. The van der Waals surface area contributed by atoms with E-state index < -0.39 is 6.36 Å². The van der Waals surface area contributed by atoms with Gasteiger partial charge in [-0.25, -0.2) is 0 Å². The maximum Gasteiger partial charge on any atom is 0.573 e. The summed E-state index contributed by atoms with van der Waals surface area (Å²) in [6.45, 7) is 1.37.